The number of hydrogen-bond acceptors (Lipinski definition) is 4. The van der Waals surface area contributed by atoms with Gasteiger partial charge in [-0.25, -0.2) is 0 Å². The average Bonchev–Trinajstić information content (AvgIpc) is 2.71. The van der Waals surface area contributed by atoms with Gasteiger partial charge in [0, 0.05) is 42.8 Å². The third-order valence-corrected chi connectivity index (χ3v) is 5.40. The molecule has 0 aromatic heterocycles. The zero-order valence-electron chi connectivity index (χ0n) is 15.9. The number of morpholine rings is 1. The van der Waals surface area contributed by atoms with Crippen molar-refractivity contribution in [1.29, 1.82) is 0 Å². The summed E-state index contributed by atoms with van der Waals surface area (Å²) >= 11 is 9.45. The molecular formula is C21H23BrClN3O3. The lowest BCUT2D eigenvalue weighted by molar-refractivity contribution is -0.116. The number of carbonyl (C=O) groups is 2. The van der Waals surface area contributed by atoms with Gasteiger partial charge in [0.2, 0.25) is 5.91 Å². The van der Waals surface area contributed by atoms with E-state index < -0.39 is 0 Å². The van der Waals surface area contributed by atoms with Gasteiger partial charge < -0.3 is 15.4 Å². The number of rotatable bonds is 7. The minimum absolute atomic E-state index is 0.0284. The van der Waals surface area contributed by atoms with Gasteiger partial charge in [0.15, 0.2) is 0 Å². The van der Waals surface area contributed by atoms with Gasteiger partial charge in [-0.3, -0.25) is 14.5 Å². The van der Waals surface area contributed by atoms with Gasteiger partial charge in [0.25, 0.3) is 5.91 Å². The molecule has 6 nitrogen and oxygen atoms in total. The van der Waals surface area contributed by atoms with E-state index in [9.17, 15) is 9.59 Å². The molecule has 0 aliphatic carbocycles. The maximum absolute atomic E-state index is 12.4. The van der Waals surface area contributed by atoms with Crippen molar-refractivity contribution in [3.8, 4) is 0 Å². The second-order valence-electron chi connectivity index (χ2n) is 6.76. The van der Waals surface area contributed by atoms with E-state index in [1.807, 2.05) is 24.3 Å². The number of halogens is 2. The number of ether oxygens (including phenoxy) is 1. The molecule has 0 unspecified atom stereocenters. The highest BCUT2D eigenvalue weighted by Crippen LogP contribution is 2.21. The van der Waals surface area contributed by atoms with Crippen LogP contribution < -0.4 is 10.6 Å². The minimum Gasteiger partial charge on any atom is -0.379 e. The van der Waals surface area contributed by atoms with Crippen LogP contribution in [0.15, 0.2) is 46.9 Å². The molecule has 29 heavy (non-hydrogen) atoms. The largest absolute Gasteiger partial charge is 0.379 e. The highest BCUT2D eigenvalue weighted by molar-refractivity contribution is 9.10. The van der Waals surface area contributed by atoms with Gasteiger partial charge in [0.05, 0.1) is 23.8 Å². The molecule has 2 N–H and O–H groups in total. The van der Waals surface area contributed by atoms with Crippen molar-refractivity contribution in [3.05, 3.63) is 63.1 Å². The molecule has 1 aliphatic heterocycles. The lowest BCUT2D eigenvalue weighted by Crippen LogP contribution is -2.38. The van der Waals surface area contributed by atoms with E-state index in [-0.39, 0.29) is 11.8 Å². The number of benzene rings is 2. The van der Waals surface area contributed by atoms with E-state index in [0.29, 0.717) is 29.2 Å². The second kappa shape index (κ2) is 10.7. The summed E-state index contributed by atoms with van der Waals surface area (Å²) < 4.78 is 6.13. The SMILES string of the molecule is O=C(CCN1CCOCC1)Nc1cccc(CNC(=O)c2ccc(Br)cc2Cl)c1. The number of nitrogens with zero attached hydrogens (tertiary/aromatic N) is 1. The molecule has 2 amide bonds. The first-order chi connectivity index (χ1) is 14.0. The molecule has 154 valence electrons. The molecule has 1 saturated heterocycles. The van der Waals surface area contributed by atoms with Crippen molar-refractivity contribution in [1.82, 2.24) is 10.2 Å². The van der Waals surface area contributed by atoms with Gasteiger partial charge >= 0.3 is 0 Å². The van der Waals surface area contributed by atoms with Crippen molar-refractivity contribution in [2.45, 2.75) is 13.0 Å². The van der Waals surface area contributed by atoms with Crippen LogP contribution in [0.25, 0.3) is 0 Å². The molecule has 2 aromatic rings. The Morgan fingerprint density at radius 2 is 1.93 bits per heavy atom. The fourth-order valence-corrected chi connectivity index (χ4v) is 3.78. The van der Waals surface area contributed by atoms with Crippen LogP contribution in [-0.2, 0) is 16.1 Å². The first kappa shape index (κ1) is 21.8. The van der Waals surface area contributed by atoms with E-state index >= 15 is 0 Å². The summed E-state index contributed by atoms with van der Waals surface area (Å²) in [6.07, 6.45) is 0.434. The Labute approximate surface area is 183 Å². The van der Waals surface area contributed by atoms with Crippen LogP contribution >= 0.6 is 27.5 Å². The van der Waals surface area contributed by atoms with Crippen molar-refractivity contribution in [2.75, 3.05) is 38.2 Å². The van der Waals surface area contributed by atoms with Crippen LogP contribution in [0.4, 0.5) is 5.69 Å². The first-order valence-electron chi connectivity index (χ1n) is 9.43. The Balaban J connectivity index is 1.49. The normalized spacial score (nSPS) is 14.4. The standard InChI is InChI=1S/C21H23BrClN3O3/c22-16-4-5-18(19(23)13-16)21(28)24-14-15-2-1-3-17(12-15)25-20(27)6-7-26-8-10-29-11-9-26/h1-5,12-13H,6-11,14H2,(H,24,28)(H,25,27). The summed E-state index contributed by atoms with van der Waals surface area (Å²) in [6.45, 7) is 4.24. The second-order valence-corrected chi connectivity index (χ2v) is 8.08. The summed E-state index contributed by atoms with van der Waals surface area (Å²) in [7, 11) is 0. The Hall–Kier alpha value is -1.93. The molecule has 2 aromatic carbocycles. The summed E-state index contributed by atoms with van der Waals surface area (Å²) in [6, 6.07) is 12.6. The quantitative estimate of drug-likeness (QED) is 0.634. The Bertz CT molecular complexity index is 872. The molecule has 3 rings (SSSR count). The van der Waals surface area contributed by atoms with Crippen LogP contribution in [0.3, 0.4) is 0 Å². The third-order valence-electron chi connectivity index (χ3n) is 4.60. The molecule has 1 heterocycles. The molecule has 0 bridgehead atoms. The summed E-state index contributed by atoms with van der Waals surface area (Å²) in [5.41, 5.74) is 2.02. The highest BCUT2D eigenvalue weighted by atomic mass is 79.9. The number of amides is 2. The van der Waals surface area contributed by atoms with Crippen LogP contribution in [-0.4, -0.2) is 49.6 Å². The fourth-order valence-electron chi connectivity index (χ4n) is 3.02. The van der Waals surface area contributed by atoms with Crippen LogP contribution in [0.2, 0.25) is 5.02 Å². The van der Waals surface area contributed by atoms with Gasteiger partial charge in [0.1, 0.15) is 0 Å². The molecule has 0 saturated carbocycles. The van der Waals surface area contributed by atoms with E-state index in [1.54, 1.807) is 18.2 Å². The lowest BCUT2D eigenvalue weighted by Gasteiger charge is -2.26. The zero-order chi connectivity index (χ0) is 20.6. The number of anilines is 1. The molecule has 0 spiro atoms. The predicted octanol–water partition coefficient (Wildman–Crippen LogP) is 3.69. The van der Waals surface area contributed by atoms with Gasteiger partial charge in [-0.1, -0.05) is 39.7 Å². The third kappa shape index (κ3) is 6.82. The Morgan fingerprint density at radius 3 is 2.69 bits per heavy atom. The Morgan fingerprint density at radius 1 is 1.14 bits per heavy atom. The monoisotopic (exact) mass is 479 g/mol. The lowest BCUT2D eigenvalue weighted by atomic mass is 10.1. The van der Waals surface area contributed by atoms with Crippen molar-refractivity contribution >= 4 is 45.0 Å². The van der Waals surface area contributed by atoms with Gasteiger partial charge in [-0.15, -0.1) is 0 Å². The van der Waals surface area contributed by atoms with E-state index in [4.69, 9.17) is 16.3 Å². The van der Waals surface area contributed by atoms with Gasteiger partial charge in [-0.2, -0.15) is 0 Å². The smallest absolute Gasteiger partial charge is 0.253 e. The van der Waals surface area contributed by atoms with E-state index in [1.165, 1.54) is 0 Å². The topological polar surface area (TPSA) is 70.7 Å². The number of hydrogen-bond donors (Lipinski definition) is 2. The summed E-state index contributed by atoms with van der Waals surface area (Å²) in [5, 5.41) is 6.16. The average molecular weight is 481 g/mol. The molecule has 1 fully saturated rings. The highest BCUT2D eigenvalue weighted by Gasteiger charge is 2.13. The van der Waals surface area contributed by atoms with Crippen LogP contribution in [0.1, 0.15) is 22.3 Å². The van der Waals surface area contributed by atoms with E-state index in [2.05, 4.69) is 31.5 Å². The summed E-state index contributed by atoms with van der Waals surface area (Å²) in [4.78, 5) is 26.8. The summed E-state index contributed by atoms with van der Waals surface area (Å²) in [5.74, 6) is -0.276. The van der Waals surface area contributed by atoms with E-state index in [0.717, 1.165) is 42.9 Å². The predicted molar refractivity (Wildman–Crippen MR) is 117 cm³/mol. The minimum atomic E-state index is -0.248. The number of nitrogens with one attached hydrogen (secondary N) is 2. The van der Waals surface area contributed by atoms with Crippen molar-refractivity contribution < 1.29 is 14.3 Å². The molecule has 0 radical (unpaired) electrons. The first-order valence-corrected chi connectivity index (χ1v) is 10.6. The Kier molecular flexibility index (Phi) is 8.06. The van der Waals surface area contributed by atoms with Crippen LogP contribution in [0, 0.1) is 0 Å². The molecule has 0 atom stereocenters. The molecule has 8 heteroatoms. The van der Waals surface area contributed by atoms with Gasteiger partial charge in [-0.05, 0) is 35.9 Å². The fraction of sp³-hybridized carbons (Fsp3) is 0.333. The maximum Gasteiger partial charge on any atom is 0.253 e. The van der Waals surface area contributed by atoms with Crippen LogP contribution in [0.5, 0.6) is 0 Å². The molecule has 1 aliphatic rings. The van der Waals surface area contributed by atoms with Crippen molar-refractivity contribution in [3.63, 3.8) is 0 Å². The molecular weight excluding hydrogens is 458 g/mol. The van der Waals surface area contributed by atoms with Crippen molar-refractivity contribution in [2.24, 2.45) is 0 Å². The maximum atomic E-state index is 12.4. The zero-order valence-corrected chi connectivity index (χ0v) is 18.3. The number of carbonyl (C=O) groups excluding carboxylic acids is 2.